The molecule has 0 spiro atoms. The van der Waals surface area contributed by atoms with Crippen LogP contribution >= 0.6 is 11.6 Å². The number of benzene rings is 1. The normalized spacial score (nSPS) is 20.1. The number of nitro groups is 1. The van der Waals surface area contributed by atoms with Crippen molar-refractivity contribution in [3.05, 3.63) is 33.3 Å². The minimum Gasteiger partial charge on any atom is -0.363 e. The van der Waals surface area contributed by atoms with Gasteiger partial charge in [0.25, 0.3) is 0 Å². The molecule has 0 N–H and O–H groups in total. The van der Waals surface area contributed by atoms with Crippen LogP contribution in [0.3, 0.4) is 0 Å². The first-order chi connectivity index (χ1) is 9.15. The highest BCUT2D eigenvalue weighted by molar-refractivity contribution is 6.33. The maximum absolute atomic E-state index is 11.3. The van der Waals surface area contributed by atoms with E-state index in [9.17, 15) is 10.1 Å². The summed E-state index contributed by atoms with van der Waals surface area (Å²) in [6.07, 6.45) is 5.58. The lowest BCUT2D eigenvalue weighted by atomic mass is 10.1. The Labute approximate surface area is 118 Å². The number of halogens is 1. The molecule has 1 aromatic rings. The van der Waals surface area contributed by atoms with E-state index in [0.717, 1.165) is 25.8 Å². The number of hydrogen-bond acceptors (Lipinski definition) is 3. The molecule has 2 rings (SSSR count). The van der Waals surface area contributed by atoms with Crippen LogP contribution in [0.15, 0.2) is 18.2 Å². The summed E-state index contributed by atoms with van der Waals surface area (Å²) in [6, 6.07) is 5.57. The van der Waals surface area contributed by atoms with Gasteiger partial charge < -0.3 is 4.90 Å². The molecule has 0 amide bonds. The van der Waals surface area contributed by atoms with Gasteiger partial charge in [-0.15, -0.1) is 0 Å². The van der Waals surface area contributed by atoms with Gasteiger partial charge in [0.05, 0.1) is 4.92 Å². The Morgan fingerprint density at radius 2 is 2.21 bits per heavy atom. The first-order valence-electron chi connectivity index (χ1n) is 6.84. The Balaban J connectivity index is 2.43. The van der Waals surface area contributed by atoms with E-state index in [1.54, 1.807) is 12.1 Å². The minimum absolute atomic E-state index is 0.0458. The van der Waals surface area contributed by atoms with E-state index >= 15 is 0 Å². The highest BCUT2D eigenvalue weighted by atomic mass is 35.5. The molecule has 1 atom stereocenters. The van der Waals surface area contributed by atoms with Crippen molar-refractivity contribution >= 4 is 23.0 Å². The lowest BCUT2D eigenvalue weighted by molar-refractivity contribution is -0.384. The fourth-order valence-electron chi connectivity index (χ4n) is 2.84. The molecule has 4 nitrogen and oxygen atoms in total. The van der Waals surface area contributed by atoms with E-state index < -0.39 is 0 Å². The van der Waals surface area contributed by atoms with Crippen molar-refractivity contribution in [3.8, 4) is 0 Å². The minimum atomic E-state index is -0.366. The molecule has 19 heavy (non-hydrogen) atoms. The predicted molar refractivity (Wildman–Crippen MR) is 78.0 cm³/mol. The molecule has 1 unspecified atom stereocenters. The van der Waals surface area contributed by atoms with Crippen molar-refractivity contribution in [1.82, 2.24) is 0 Å². The van der Waals surface area contributed by atoms with Gasteiger partial charge in [0.1, 0.15) is 10.7 Å². The molecule has 0 aliphatic carbocycles. The maximum atomic E-state index is 11.3. The average Bonchev–Trinajstić information content (AvgIpc) is 2.62. The number of nitro benzene ring substituents is 1. The second-order valence-corrected chi connectivity index (χ2v) is 5.38. The van der Waals surface area contributed by atoms with Gasteiger partial charge in [-0.05, 0) is 31.4 Å². The van der Waals surface area contributed by atoms with E-state index in [1.807, 2.05) is 6.07 Å². The van der Waals surface area contributed by atoms with E-state index in [4.69, 9.17) is 11.6 Å². The second kappa shape index (κ2) is 6.24. The first-order valence-corrected chi connectivity index (χ1v) is 7.22. The summed E-state index contributed by atoms with van der Waals surface area (Å²) >= 11 is 6.01. The number of hydrogen-bond donors (Lipinski definition) is 0. The molecule has 1 heterocycles. The monoisotopic (exact) mass is 282 g/mol. The molecule has 1 fully saturated rings. The van der Waals surface area contributed by atoms with Gasteiger partial charge in [-0.25, -0.2) is 0 Å². The summed E-state index contributed by atoms with van der Waals surface area (Å²) in [4.78, 5) is 13.1. The van der Waals surface area contributed by atoms with Gasteiger partial charge in [0.2, 0.25) is 0 Å². The van der Waals surface area contributed by atoms with Gasteiger partial charge >= 0.3 is 5.69 Å². The molecule has 0 bridgehead atoms. The van der Waals surface area contributed by atoms with Gasteiger partial charge in [-0.2, -0.15) is 0 Å². The zero-order chi connectivity index (χ0) is 13.8. The van der Waals surface area contributed by atoms with E-state index in [0.29, 0.717) is 11.7 Å². The summed E-state index contributed by atoms with van der Waals surface area (Å²) in [5.41, 5.74) is 0.718. The number of rotatable bonds is 3. The van der Waals surface area contributed by atoms with Crippen molar-refractivity contribution in [2.45, 2.75) is 45.1 Å². The Kier molecular flexibility index (Phi) is 4.64. The van der Waals surface area contributed by atoms with Crippen LogP contribution in [0.5, 0.6) is 0 Å². The number of nitrogens with zero attached hydrogens (tertiary/aromatic N) is 2. The quantitative estimate of drug-likeness (QED) is 0.609. The Bertz CT molecular complexity index is 465. The fourth-order valence-corrected chi connectivity index (χ4v) is 3.07. The maximum Gasteiger partial charge on any atom is 0.310 e. The van der Waals surface area contributed by atoms with Crippen molar-refractivity contribution in [2.75, 3.05) is 11.4 Å². The molecular weight excluding hydrogens is 264 g/mol. The summed E-state index contributed by atoms with van der Waals surface area (Å²) in [5.74, 6) is 0. The second-order valence-electron chi connectivity index (χ2n) is 4.97. The number of anilines is 1. The summed E-state index contributed by atoms with van der Waals surface area (Å²) in [6.45, 7) is 3.01. The predicted octanol–water partition coefficient (Wildman–Crippen LogP) is 4.41. The molecule has 0 aromatic heterocycles. The van der Waals surface area contributed by atoms with Crippen molar-refractivity contribution in [2.24, 2.45) is 0 Å². The van der Waals surface area contributed by atoms with E-state index in [2.05, 4.69) is 11.8 Å². The topological polar surface area (TPSA) is 46.4 Å². The van der Waals surface area contributed by atoms with Gasteiger partial charge in [0.15, 0.2) is 0 Å². The van der Waals surface area contributed by atoms with E-state index in [1.165, 1.54) is 12.8 Å². The number of para-hydroxylation sites is 1. The lowest BCUT2D eigenvalue weighted by Crippen LogP contribution is -2.34. The smallest absolute Gasteiger partial charge is 0.310 e. The van der Waals surface area contributed by atoms with E-state index in [-0.39, 0.29) is 15.6 Å². The summed E-state index contributed by atoms with van der Waals surface area (Å²) in [7, 11) is 0. The van der Waals surface area contributed by atoms with Crippen LogP contribution in [0.25, 0.3) is 0 Å². The van der Waals surface area contributed by atoms with Crippen molar-refractivity contribution < 1.29 is 4.92 Å². The third-order valence-electron chi connectivity index (χ3n) is 3.81. The van der Waals surface area contributed by atoms with Crippen LogP contribution in [-0.4, -0.2) is 17.5 Å². The Morgan fingerprint density at radius 3 is 2.89 bits per heavy atom. The summed E-state index contributed by atoms with van der Waals surface area (Å²) in [5, 5.41) is 11.5. The highest BCUT2D eigenvalue weighted by Crippen LogP contribution is 2.37. The largest absolute Gasteiger partial charge is 0.363 e. The highest BCUT2D eigenvalue weighted by Gasteiger charge is 2.27. The standard InChI is InChI=1S/C14H19ClN2O2/c1-2-11-7-4-3-5-10-16(11)13-9-6-8-12(15)14(13)17(18)19/h6,8-9,11H,2-5,7,10H2,1H3. The fraction of sp³-hybridized carbons (Fsp3) is 0.571. The Hall–Kier alpha value is -1.29. The zero-order valence-electron chi connectivity index (χ0n) is 11.1. The average molecular weight is 283 g/mol. The van der Waals surface area contributed by atoms with Crippen LogP contribution in [0.2, 0.25) is 5.02 Å². The first kappa shape index (κ1) is 14.1. The van der Waals surface area contributed by atoms with Crippen LogP contribution in [-0.2, 0) is 0 Å². The molecule has 1 aliphatic heterocycles. The molecule has 0 saturated carbocycles. The molecule has 5 heteroatoms. The Morgan fingerprint density at radius 1 is 1.42 bits per heavy atom. The van der Waals surface area contributed by atoms with Crippen LogP contribution in [0.1, 0.15) is 39.0 Å². The molecule has 1 saturated heterocycles. The van der Waals surface area contributed by atoms with Crippen molar-refractivity contribution in [3.63, 3.8) is 0 Å². The SMILES string of the molecule is CCC1CCCCCN1c1cccc(Cl)c1[N+](=O)[O-]. The van der Waals surface area contributed by atoms with Crippen molar-refractivity contribution in [1.29, 1.82) is 0 Å². The van der Waals surface area contributed by atoms with Crippen LogP contribution < -0.4 is 4.90 Å². The molecule has 104 valence electrons. The van der Waals surface area contributed by atoms with Crippen LogP contribution in [0, 0.1) is 10.1 Å². The lowest BCUT2D eigenvalue weighted by Gasteiger charge is -2.31. The van der Waals surface area contributed by atoms with Gasteiger partial charge in [0, 0.05) is 12.6 Å². The third kappa shape index (κ3) is 3.00. The molecule has 0 radical (unpaired) electrons. The van der Waals surface area contributed by atoms with Crippen LogP contribution in [0.4, 0.5) is 11.4 Å². The molecule has 1 aromatic carbocycles. The molecular formula is C14H19ClN2O2. The zero-order valence-corrected chi connectivity index (χ0v) is 11.9. The molecule has 1 aliphatic rings. The third-order valence-corrected chi connectivity index (χ3v) is 4.11. The van der Waals surface area contributed by atoms with Gasteiger partial charge in [-0.1, -0.05) is 37.4 Å². The van der Waals surface area contributed by atoms with Gasteiger partial charge in [-0.3, -0.25) is 10.1 Å². The summed E-state index contributed by atoms with van der Waals surface area (Å²) < 4.78 is 0.